The minimum atomic E-state index is 0.471. The molecule has 0 radical (unpaired) electrons. The van der Waals surface area contributed by atoms with Crippen molar-refractivity contribution in [2.24, 2.45) is 0 Å². The van der Waals surface area contributed by atoms with Crippen LogP contribution in [0.25, 0.3) is 22.2 Å². The number of pyridine rings is 2. The summed E-state index contributed by atoms with van der Waals surface area (Å²) in [6.45, 7) is 2.24. The summed E-state index contributed by atoms with van der Waals surface area (Å²) in [6.07, 6.45) is 13.3. The summed E-state index contributed by atoms with van der Waals surface area (Å²) in [5.74, 6) is 1.34. The summed E-state index contributed by atoms with van der Waals surface area (Å²) in [7, 11) is 2.18. The molecule has 8 nitrogen and oxygen atoms in total. The second kappa shape index (κ2) is 8.79. The standard InChI is InChI=1S/C24H28N8S/c1-31-10-8-19(9-11-31)32-15-18(14-26-32)17-12-21-20(25-13-17)6-7-22(27-21)28-24-30-29-23(33-24)16-4-2-3-5-16/h6-7,12-16,19H,2-5,8-11H2,1H3,(H,27,28,30). The van der Waals surface area contributed by atoms with Gasteiger partial charge in [0.15, 0.2) is 0 Å². The molecule has 170 valence electrons. The normalized spacial score (nSPS) is 18.3. The molecule has 0 atom stereocenters. The van der Waals surface area contributed by atoms with Crippen LogP contribution in [0, 0.1) is 0 Å². The van der Waals surface area contributed by atoms with Crippen molar-refractivity contribution < 1.29 is 0 Å². The van der Waals surface area contributed by atoms with Crippen LogP contribution in [0.2, 0.25) is 0 Å². The minimum Gasteiger partial charge on any atom is -0.315 e. The second-order valence-corrected chi connectivity index (χ2v) is 10.3. The Morgan fingerprint density at radius 1 is 0.970 bits per heavy atom. The van der Waals surface area contributed by atoms with Crippen molar-refractivity contribution in [3.05, 3.63) is 41.8 Å². The maximum absolute atomic E-state index is 4.80. The molecule has 5 heterocycles. The van der Waals surface area contributed by atoms with Crippen LogP contribution in [-0.2, 0) is 0 Å². The Kier molecular flexibility index (Phi) is 5.51. The maximum atomic E-state index is 4.80. The van der Waals surface area contributed by atoms with Crippen molar-refractivity contribution in [1.29, 1.82) is 0 Å². The van der Waals surface area contributed by atoms with Gasteiger partial charge in [0.1, 0.15) is 10.8 Å². The summed E-state index contributed by atoms with van der Waals surface area (Å²) in [5.41, 5.74) is 3.83. The van der Waals surface area contributed by atoms with Crippen LogP contribution in [0.1, 0.15) is 55.5 Å². The molecule has 1 aliphatic heterocycles. The maximum Gasteiger partial charge on any atom is 0.211 e. The number of hydrogen-bond acceptors (Lipinski definition) is 8. The first-order chi connectivity index (χ1) is 16.2. The minimum absolute atomic E-state index is 0.471. The Hall–Kier alpha value is -2.91. The van der Waals surface area contributed by atoms with Crippen LogP contribution < -0.4 is 5.32 Å². The third kappa shape index (κ3) is 4.35. The lowest BCUT2D eigenvalue weighted by Crippen LogP contribution is -2.31. The number of nitrogens with one attached hydrogen (secondary N) is 1. The molecule has 1 saturated heterocycles. The largest absolute Gasteiger partial charge is 0.315 e. The number of anilines is 2. The Morgan fingerprint density at radius 3 is 2.67 bits per heavy atom. The first-order valence-corrected chi connectivity index (χ1v) is 12.6. The van der Waals surface area contributed by atoms with Gasteiger partial charge in [-0.25, -0.2) is 4.98 Å². The quantitative estimate of drug-likeness (QED) is 0.448. The smallest absolute Gasteiger partial charge is 0.211 e. The van der Waals surface area contributed by atoms with E-state index in [1.165, 1.54) is 25.7 Å². The highest BCUT2D eigenvalue weighted by Gasteiger charge is 2.21. The summed E-state index contributed by atoms with van der Waals surface area (Å²) >= 11 is 1.64. The van der Waals surface area contributed by atoms with E-state index in [2.05, 4.69) is 54.5 Å². The third-order valence-corrected chi connectivity index (χ3v) is 7.92. The fourth-order valence-electron chi connectivity index (χ4n) is 4.91. The lowest BCUT2D eigenvalue weighted by molar-refractivity contribution is 0.212. The summed E-state index contributed by atoms with van der Waals surface area (Å²) < 4.78 is 2.12. The van der Waals surface area contributed by atoms with Gasteiger partial charge in [-0.2, -0.15) is 5.10 Å². The number of hydrogen-bond donors (Lipinski definition) is 1. The Bertz CT molecular complexity index is 1250. The molecule has 4 aromatic heterocycles. The molecule has 1 saturated carbocycles. The zero-order valence-corrected chi connectivity index (χ0v) is 19.6. The third-order valence-electron chi connectivity index (χ3n) is 6.91. The van der Waals surface area contributed by atoms with Crippen molar-refractivity contribution >= 4 is 33.3 Å². The van der Waals surface area contributed by atoms with Gasteiger partial charge >= 0.3 is 0 Å². The molecular formula is C24H28N8S. The molecule has 4 aromatic rings. The number of fused-ring (bicyclic) bond motifs is 1. The van der Waals surface area contributed by atoms with Crippen LogP contribution in [0.3, 0.4) is 0 Å². The fourth-order valence-corrected chi connectivity index (χ4v) is 5.83. The van der Waals surface area contributed by atoms with E-state index in [1.54, 1.807) is 11.3 Å². The molecule has 0 bridgehead atoms. The fraction of sp³-hybridized carbons (Fsp3) is 0.458. The highest BCUT2D eigenvalue weighted by Crippen LogP contribution is 2.37. The van der Waals surface area contributed by atoms with Gasteiger partial charge in [0.2, 0.25) is 5.13 Å². The number of likely N-dealkylation sites (tertiary alicyclic amines) is 1. The first kappa shape index (κ1) is 20.7. The number of piperidine rings is 1. The van der Waals surface area contributed by atoms with E-state index in [-0.39, 0.29) is 0 Å². The van der Waals surface area contributed by atoms with Crippen LogP contribution in [0.15, 0.2) is 36.8 Å². The van der Waals surface area contributed by atoms with E-state index in [1.807, 2.05) is 24.5 Å². The van der Waals surface area contributed by atoms with E-state index in [9.17, 15) is 0 Å². The van der Waals surface area contributed by atoms with Crippen molar-refractivity contribution in [2.45, 2.75) is 50.5 Å². The van der Waals surface area contributed by atoms with Crippen molar-refractivity contribution in [2.75, 3.05) is 25.5 Å². The monoisotopic (exact) mass is 460 g/mol. The van der Waals surface area contributed by atoms with E-state index >= 15 is 0 Å². The van der Waals surface area contributed by atoms with Gasteiger partial charge in [-0.3, -0.25) is 9.67 Å². The van der Waals surface area contributed by atoms with Gasteiger partial charge in [0.05, 0.1) is 23.3 Å². The molecular weight excluding hydrogens is 432 g/mol. The Labute approximate surface area is 197 Å². The molecule has 0 spiro atoms. The van der Waals surface area contributed by atoms with Gasteiger partial charge in [-0.15, -0.1) is 10.2 Å². The van der Waals surface area contributed by atoms with Gasteiger partial charge in [-0.1, -0.05) is 24.2 Å². The average molecular weight is 461 g/mol. The topological polar surface area (TPSA) is 84.7 Å². The van der Waals surface area contributed by atoms with E-state index in [0.717, 1.165) is 64.0 Å². The highest BCUT2D eigenvalue weighted by atomic mass is 32.1. The predicted molar refractivity (Wildman–Crippen MR) is 131 cm³/mol. The van der Waals surface area contributed by atoms with Crippen molar-refractivity contribution in [1.82, 2.24) is 34.8 Å². The lowest BCUT2D eigenvalue weighted by Gasteiger charge is -2.28. The molecule has 1 aliphatic carbocycles. The molecule has 2 fully saturated rings. The van der Waals surface area contributed by atoms with Crippen molar-refractivity contribution in [3.63, 3.8) is 0 Å². The zero-order chi connectivity index (χ0) is 22.2. The van der Waals surface area contributed by atoms with E-state index in [0.29, 0.717) is 12.0 Å². The van der Waals surface area contributed by atoms with Gasteiger partial charge < -0.3 is 10.2 Å². The number of nitrogens with zero attached hydrogens (tertiary/aromatic N) is 7. The van der Waals surface area contributed by atoms with E-state index < -0.39 is 0 Å². The second-order valence-electron chi connectivity index (χ2n) is 9.25. The summed E-state index contributed by atoms with van der Waals surface area (Å²) in [4.78, 5) is 11.8. The van der Waals surface area contributed by atoms with Gasteiger partial charge in [0, 0.05) is 29.4 Å². The highest BCUT2D eigenvalue weighted by molar-refractivity contribution is 7.15. The number of rotatable bonds is 5. The Balaban J connectivity index is 1.21. The van der Waals surface area contributed by atoms with Crippen molar-refractivity contribution in [3.8, 4) is 11.1 Å². The Morgan fingerprint density at radius 2 is 1.82 bits per heavy atom. The molecule has 9 heteroatoms. The molecule has 0 aromatic carbocycles. The van der Waals surface area contributed by atoms with Crippen LogP contribution in [-0.4, -0.2) is 55.0 Å². The van der Waals surface area contributed by atoms with Gasteiger partial charge in [0.25, 0.3) is 0 Å². The van der Waals surface area contributed by atoms with Crippen LogP contribution in [0.5, 0.6) is 0 Å². The molecule has 1 N–H and O–H groups in total. The molecule has 6 rings (SSSR count). The number of aromatic nitrogens is 6. The molecule has 0 amide bonds. The first-order valence-electron chi connectivity index (χ1n) is 11.8. The zero-order valence-electron chi connectivity index (χ0n) is 18.8. The lowest BCUT2D eigenvalue weighted by atomic mass is 10.1. The average Bonchev–Trinajstić information content (AvgIpc) is 3.61. The molecule has 33 heavy (non-hydrogen) atoms. The summed E-state index contributed by atoms with van der Waals surface area (Å²) in [6, 6.07) is 6.51. The predicted octanol–water partition coefficient (Wildman–Crippen LogP) is 5.01. The van der Waals surface area contributed by atoms with Crippen LogP contribution >= 0.6 is 11.3 Å². The van der Waals surface area contributed by atoms with Gasteiger partial charge in [-0.05, 0) is 64.0 Å². The van der Waals surface area contributed by atoms with Crippen LogP contribution in [0.4, 0.5) is 10.9 Å². The SMILES string of the molecule is CN1CCC(n2cc(-c3cnc4ccc(Nc5nnc(C6CCCC6)s5)nc4c3)cn2)CC1. The molecule has 0 unspecified atom stereocenters. The molecule has 2 aliphatic rings. The van der Waals surface area contributed by atoms with E-state index in [4.69, 9.17) is 4.98 Å². The summed E-state index contributed by atoms with van der Waals surface area (Å²) in [5, 5.41) is 18.7.